The third-order valence-corrected chi connectivity index (χ3v) is 8.58. The van der Waals surface area contributed by atoms with Crippen LogP contribution in [0.4, 0.5) is 10.5 Å². The van der Waals surface area contributed by atoms with E-state index in [2.05, 4.69) is 35.8 Å². The number of carboxylic acid groups (broad SMARTS) is 1. The quantitative estimate of drug-likeness (QED) is 0.195. The van der Waals surface area contributed by atoms with Crippen LogP contribution >= 0.6 is 0 Å². The van der Waals surface area contributed by atoms with Gasteiger partial charge in [-0.15, -0.1) is 0 Å². The molecule has 9 heteroatoms. The third kappa shape index (κ3) is 7.56. The number of benzene rings is 2. The molecule has 8 nitrogen and oxygen atoms in total. The van der Waals surface area contributed by atoms with Crippen molar-refractivity contribution in [2.45, 2.75) is 85.4 Å². The smallest absolute Gasteiger partial charge is 0.0683 e. The number of phenols is 1. The molecular weight excluding hydrogens is 591 g/mol. The minimum atomic E-state index is -1.04. The fourth-order valence-corrected chi connectivity index (χ4v) is 6.84. The number of allylic oxidation sites excluding steroid dienone is 4. The molecule has 0 spiro atoms. The third-order valence-electron chi connectivity index (χ3n) is 8.58. The zero-order valence-corrected chi connectivity index (χ0v) is 28.7. The van der Waals surface area contributed by atoms with Crippen LogP contribution in [-0.2, 0) is 11.3 Å². The van der Waals surface area contributed by atoms with Gasteiger partial charge in [-0.1, -0.05) is 13.8 Å². The van der Waals surface area contributed by atoms with Gasteiger partial charge in [0.25, 0.3) is 0 Å². The Bertz CT molecular complexity index is 1690. The number of rotatable bonds is 8. The van der Waals surface area contributed by atoms with Crippen LogP contribution in [0.5, 0.6) is 11.5 Å². The number of carboxylic acids is 1. The molecule has 2 aromatic carbocycles. The molecule has 1 aliphatic heterocycles. The van der Waals surface area contributed by atoms with Crippen LogP contribution in [0.1, 0.15) is 100 Å². The summed E-state index contributed by atoms with van der Waals surface area (Å²) in [6.07, 6.45) is 5.50. The molecule has 1 aliphatic carbocycles. The molecule has 0 saturated heterocycles. The second-order valence-corrected chi connectivity index (χ2v) is 12.6. The molecule has 3 atom stereocenters. The van der Waals surface area contributed by atoms with Gasteiger partial charge in [0.15, 0.2) is 0 Å². The van der Waals surface area contributed by atoms with Gasteiger partial charge in [0.1, 0.15) is 5.60 Å². The maximum absolute atomic E-state index is 12.4. The Balaban J connectivity index is 0.00000245. The van der Waals surface area contributed by atoms with Crippen LogP contribution in [0.3, 0.4) is 0 Å². The van der Waals surface area contributed by atoms with Gasteiger partial charge in [-0.05, 0) is 20.8 Å². The van der Waals surface area contributed by atoms with Crippen molar-refractivity contribution in [3.63, 3.8) is 0 Å². The summed E-state index contributed by atoms with van der Waals surface area (Å²) >= 11 is 0. The summed E-state index contributed by atoms with van der Waals surface area (Å²) in [5, 5.41) is 27.6. The van der Waals surface area contributed by atoms with Crippen LogP contribution in [0, 0.1) is 5.92 Å². The summed E-state index contributed by atoms with van der Waals surface area (Å²) in [6.45, 7) is 15.8. The zero-order chi connectivity index (χ0) is 34.5. The number of ether oxygens (including phenoxy) is 2. The van der Waals surface area contributed by atoms with Crippen LogP contribution in [0.15, 0.2) is 71.7 Å². The van der Waals surface area contributed by atoms with E-state index in [1.807, 2.05) is 65.7 Å². The van der Waals surface area contributed by atoms with E-state index in [4.69, 9.17) is 9.47 Å². The summed E-state index contributed by atoms with van der Waals surface area (Å²) < 4.78 is 11.0. The number of hydrogen-bond acceptors (Lipinski definition) is 6. The molecule has 47 heavy (non-hydrogen) atoms. The van der Waals surface area contributed by atoms with E-state index in [0.29, 0.717) is 23.3 Å². The molecule has 0 radical (unpaired) electrons. The van der Waals surface area contributed by atoms with Gasteiger partial charge in [-0.25, -0.2) is 4.79 Å². The number of nitrogens with one attached hydrogen (secondary N) is 2. The van der Waals surface area contributed by atoms with Crippen molar-refractivity contribution in [2.24, 2.45) is 5.92 Å². The van der Waals surface area contributed by atoms with Gasteiger partial charge < -0.3 is 4.74 Å². The van der Waals surface area contributed by atoms with E-state index in [1.165, 1.54) is 18.3 Å². The van der Waals surface area contributed by atoms with Crippen molar-refractivity contribution < 1.29 is 29.3 Å². The number of amides is 1. The van der Waals surface area contributed by atoms with Crippen molar-refractivity contribution in [1.82, 2.24) is 5.32 Å². The first-order chi connectivity index (χ1) is 22.4. The second kappa shape index (κ2) is 14.9. The number of carbonyl (C=O) groups excluding carboxylic acids is 1. The van der Waals surface area contributed by atoms with Crippen LogP contribution < -0.4 is 15.4 Å². The van der Waals surface area contributed by atoms with E-state index < -0.39 is 17.7 Å². The van der Waals surface area contributed by atoms with Gasteiger partial charge in [0.05, 0.1) is 0 Å². The number of aromatic carboxylic acids is 1. The molecule has 0 fully saturated rings. The average Bonchev–Trinajstić information content (AvgIpc) is 3.42. The Labute approximate surface area is 279 Å². The van der Waals surface area contributed by atoms with Crippen LogP contribution in [0.25, 0.3) is 11.0 Å². The number of fused-ring (bicyclic) bond motifs is 3. The monoisotopic (exact) mass is 638 g/mol. The molecule has 1 aromatic heterocycles. The van der Waals surface area contributed by atoms with E-state index in [9.17, 15) is 19.8 Å². The topological polar surface area (TPSA) is 117 Å². The summed E-state index contributed by atoms with van der Waals surface area (Å²) in [5.41, 5.74) is 7.36. The molecule has 0 saturated carbocycles. The van der Waals surface area contributed by atoms with Crippen molar-refractivity contribution in [2.75, 3.05) is 12.4 Å². The number of alkyl carbamates (subject to hydrolysis) is 1. The van der Waals surface area contributed by atoms with Crippen molar-refractivity contribution >= 4 is 24.7 Å². The van der Waals surface area contributed by atoms with Gasteiger partial charge in [0.2, 0.25) is 0 Å². The Kier molecular flexibility index (Phi) is 11.2. The Morgan fingerprint density at radius 3 is 2.51 bits per heavy atom. The van der Waals surface area contributed by atoms with Gasteiger partial charge in [-0.2, -0.15) is 0 Å². The number of phenolic OH excluding ortho intramolecular Hbond substituents is 1. The largest absolute Gasteiger partial charge is 0.0683 e. The Morgan fingerprint density at radius 2 is 1.87 bits per heavy atom. The predicted octanol–water partition coefficient (Wildman–Crippen LogP) is 8.71. The van der Waals surface area contributed by atoms with Gasteiger partial charge >= 0.3 is 230 Å². The summed E-state index contributed by atoms with van der Waals surface area (Å²) in [4.78, 5) is 24.7. The van der Waals surface area contributed by atoms with E-state index in [-0.39, 0.29) is 29.2 Å². The summed E-state index contributed by atoms with van der Waals surface area (Å²) in [7, 11) is 1.51. The molecule has 1 unspecified atom stereocenters. The normalized spacial score (nSPS) is 18.3. The molecule has 5 rings (SSSR count). The zero-order valence-electron chi connectivity index (χ0n) is 28.7. The van der Waals surface area contributed by atoms with Crippen LogP contribution in [0.2, 0.25) is 0 Å². The molecule has 3 aromatic rings. The van der Waals surface area contributed by atoms with Crippen molar-refractivity contribution in [3.05, 3.63) is 94.0 Å². The van der Waals surface area contributed by atoms with E-state index in [1.54, 1.807) is 25.1 Å². The maximum atomic E-state index is 12.4. The minimum absolute atomic E-state index is 0.0558. The summed E-state index contributed by atoms with van der Waals surface area (Å²) in [6, 6.07) is 12.7. The number of hydrogen-bond donors (Lipinski definition) is 4. The fraction of sp³-hybridized carbons (Fsp3) is 0.395. The fourth-order valence-electron chi connectivity index (χ4n) is 6.84. The molecule has 0 bridgehead atoms. The van der Waals surface area contributed by atoms with E-state index in [0.717, 1.165) is 35.2 Å². The molecule has 248 valence electrons. The molecule has 4 N–H and O–H groups in total. The molecule has 2 heterocycles. The summed E-state index contributed by atoms with van der Waals surface area (Å²) in [5.74, 6) is 1.22. The SMILES string of the molecule is C/C=C\C1=C(CC)[C@@H]2c3cc(CNC(=O)OC(C)(C)C)ccc3NC(c3cc(OC)c(O)cc3-c3bcccc3C(=O)O)[C@@H]2C1.CC. The van der Waals surface area contributed by atoms with Crippen molar-refractivity contribution in [1.29, 1.82) is 0 Å². The first-order valence-corrected chi connectivity index (χ1v) is 16.4. The molecule has 2 aliphatic rings. The second-order valence-electron chi connectivity index (χ2n) is 12.6. The minimum Gasteiger partial charge on any atom is -0.0683 e. The maximum Gasteiger partial charge on any atom is -0.0683 e. The molecule has 1 amide bonds. The standard InChI is InChI=1S/C36H41BN2O6.C2H6/c1-7-10-21-16-27-31(22(21)8-2)26-15-20(19-38-35(43)45-36(3,4)5)12-13-28(26)39-33(27)25-18-30(44-6)29(40)17-24(25)32-23(34(41)42)11-9-14-37-32;1-2/h7,9-15,17-18,27,31,33,39-40H,8,16,19H2,1-6H3,(H,38,43)(H,41,42);1-2H3/b10-7-;/t27-,31-,33?;/m1./s1. The first kappa shape index (κ1) is 35.3. The van der Waals surface area contributed by atoms with E-state index >= 15 is 0 Å². The van der Waals surface area contributed by atoms with Crippen molar-refractivity contribution in [3.8, 4) is 22.5 Å². The number of methoxy groups -OCH3 is 1. The predicted molar refractivity (Wildman–Crippen MR) is 189 cm³/mol. The number of carbonyl (C=O) groups is 2. The Hall–Kier alpha value is -4.53. The van der Waals surface area contributed by atoms with Gasteiger partial charge in [-0.3, -0.25) is 0 Å². The average molecular weight is 639 g/mol. The first-order valence-electron chi connectivity index (χ1n) is 16.4. The number of aromatic hydroxyl groups is 1. The molecular formula is C38H47BN2O6. The Morgan fingerprint density at radius 1 is 1.13 bits per heavy atom. The van der Waals surface area contributed by atoms with Crippen LogP contribution in [-0.4, -0.2) is 41.9 Å². The van der Waals surface area contributed by atoms with Gasteiger partial charge in [0, 0.05) is 0 Å². The number of anilines is 1.